The van der Waals surface area contributed by atoms with E-state index in [1.807, 2.05) is 13.8 Å². The highest BCUT2D eigenvalue weighted by atomic mass is 32.1. The van der Waals surface area contributed by atoms with Gasteiger partial charge < -0.3 is 14.8 Å². The molecule has 0 atom stereocenters. The van der Waals surface area contributed by atoms with Crippen LogP contribution in [-0.2, 0) is 4.74 Å². The van der Waals surface area contributed by atoms with E-state index in [4.69, 9.17) is 9.47 Å². The molecule has 110 valence electrons. The highest BCUT2D eigenvalue weighted by Gasteiger charge is 2.15. The molecular weight excluding hydrogens is 272 g/mol. The van der Waals surface area contributed by atoms with Crippen molar-refractivity contribution in [3.05, 3.63) is 17.2 Å². The van der Waals surface area contributed by atoms with E-state index in [2.05, 4.69) is 30.2 Å². The zero-order valence-electron chi connectivity index (χ0n) is 12.7. The Bertz CT molecular complexity index is 593. The molecule has 0 bridgehead atoms. The number of benzene rings is 1. The van der Waals surface area contributed by atoms with Gasteiger partial charge in [0.2, 0.25) is 0 Å². The number of nitrogens with one attached hydrogen (secondary N) is 1. The van der Waals surface area contributed by atoms with Crippen molar-refractivity contribution in [1.82, 2.24) is 4.98 Å². The second kappa shape index (κ2) is 6.41. The van der Waals surface area contributed by atoms with Crippen LogP contribution in [0.3, 0.4) is 0 Å². The molecule has 1 heterocycles. The summed E-state index contributed by atoms with van der Waals surface area (Å²) in [5.74, 6) is 0.900. The first-order chi connectivity index (χ1) is 9.52. The summed E-state index contributed by atoms with van der Waals surface area (Å²) < 4.78 is 12.2. The Morgan fingerprint density at radius 1 is 1.30 bits per heavy atom. The molecule has 4 nitrogen and oxygen atoms in total. The number of ether oxygens (including phenoxy) is 2. The predicted molar refractivity (Wildman–Crippen MR) is 85.2 cm³/mol. The highest BCUT2D eigenvalue weighted by Crippen LogP contribution is 2.37. The molecule has 2 rings (SSSR count). The number of aryl methyl sites for hydroxylation is 2. The van der Waals surface area contributed by atoms with Gasteiger partial charge in [-0.25, -0.2) is 4.98 Å². The average molecular weight is 294 g/mol. The molecule has 20 heavy (non-hydrogen) atoms. The maximum Gasteiger partial charge on any atom is 0.184 e. The van der Waals surface area contributed by atoms with Gasteiger partial charge in [-0.3, -0.25) is 0 Å². The number of aromatic nitrogens is 1. The quantitative estimate of drug-likeness (QED) is 0.824. The van der Waals surface area contributed by atoms with E-state index in [1.165, 1.54) is 10.3 Å². The van der Waals surface area contributed by atoms with Crippen LogP contribution in [0.15, 0.2) is 6.07 Å². The van der Waals surface area contributed by atoms with Crippen molar-refractivity contribution in [1.29, 1.82) is 0 Å². The summed E-state index contributed by atoms with van der Waals surface area (Å²) in [6.45, 7) is 9.69. The summed E-state index contributed by atoms with van der Waals surface area (Å²) in [6.07, 6.45) is 0.145. The molecular formula is C15H22N2O2S. The van der Waals surface area contributed by atoms with E-state index in [-0.39, 0.29) is 6.10 Å². The van der Waals surface area contributed by atoms with E-state index < -0.39 is 0 Å². The first kappa shape index (κ1) is 15.1. The first-order valence-electron chi connectivity index (χ1n) is 6.83. The van der Waals surface area contributed by atoms with Gasteiger partial charge in [0, 0.05) is 13.7 Å². The van der Waals surface area contributed by atoms with Crippen molar-refractivity contribution in [2.24, 2.45) is 0 Å². The average Bonchev–Trinajstić information content (AvgIpc) is 2.79. The molecule has 1 aromatic carbocycles. The maximum atomic E-state index is 5.94. The Labute approximate surface area is 124 Å². The van der Waals surface area contributed by atoms with Crippen molar-refractivity contribution < 1.29 is 9.47 Å². The van der Waals surface area contributed by atoms with E-state index in [0.29, 0.717) is 6.61 Å². The highest BCUT2D eigenvalue weighted by molar-refractivity contribution is 7.22. The summed E-state index contributed by atoms with van der Waals surface area (Å²) in [5, 5.41) is 4.21. The number of anilines is 1. The molecule has 1 N–H and O–H groups in total. The van der Waals surface area contributed by atoms with Crippen LogP contribution in [0.25, 0.3) is 10.2 Å². The fraction of sp³-hybridized carbons (Fsp3) is 0.533. The summed E-state index contributed by atoms with van der Waals surface area (Å²) >= 11 is 1.67. The van der Waals surface area contributed by atoms with Crippen LogP contribution in [-0.4, -0.2) is 31.3 Å². The molecule has 0 aliphatic heterocycles. The Morgan fingerprint density at radius 2 is 2.05 bits per heavy atom. The van der Waals surface area contributed by atoms with Crippen molar-refractivity contribution in [2.75, 3.05) is 25.6 Å². The summed E-state index contributed by atoms with van der Waals surface area (Å²) in [5.41, 5.74) is 3.34. The van der Waals surface area contributed by atoms with Crippen molar-refractivity contribution in [2.45, 2.75) is 33.8 Å². The molecule has 0 saturated carbocycles. The molecule has 2 aromatic rings. The molecule has 0 fully saturated rings. The third kappa shape index (κ3) is 3.22. The second-order valence-electron chi connectivity index (χ2n) is 5.12. The number of thiazole rings is 1. The second-order valence-corrected chi connectivity index (χ2v) is 6.12. The van der Waals surface area contributed by atoms with Gasteiger partial charge in [-0.05, 0) is 38.8 Å². The number of rotatable bonds is 6. The van der Waals surface area contributed by atoms with E-state index in [1.54, 1.807) is 18.4 Å². The smallest absolute Gasteiger partial charge is 0.184 e. The predicted octanol–water partition coefficient (Wildman–Crippen LogP) is 3.76. The van der Waals surface area contributed by atoms with Gasteiger partial charge in [0.1, 0.15) is 11.3 Å². The van der Waals surface area contributed by atoms with Crippen molar-refractivity contribution in [3.8, 4) is 5.75 Å². The number of methoxy groups -OCH3 is 1. The number of fused-ring (bicyclic) bond motifs is 1. The SMILES string of the molecule is COCCNc1nc2c(OC(C)C)c(C)cc(C)c2s1. The zero-order chi connectivity index (χ0) is 14.7. The van der Waals surface area contributed by atoms with Crippen LogP contribution in [0.5, 0.6) is 5.75 Å². The van der Waals surface area contributed by atoms with Gasteiger partial charge >= 0.3 is 0 Å². The van der Waals surface area contributed by atoms with Crippen LogP contribution in [0.4, 0.5) is 5.13 Å². The molecule has 0 aliphatic carbocycles. The normalized spacial score (nSPS) is 11.3. The van der Waals surface area contributed by atoms with Gasteiger partial charge in [-0.1, -0.05) is 17.4 Å². The van der Waals surface area contributed by atoms with Crippen LogP contribution >= 0.6 is 11.3 Å². The third-order valence-corrected chi connectivity index (χ3v) is 4.08. The standard InChI is InChI=1S/C15H22N2O2S/c1-9(2)19-13-10(3)8-11(4)14-12(13)17-15(20-14)16-6-7-18-5/h8-9H,6-7H2,1-5H3,(H,16,17). The van der Waals surface area contributed by atoms with Gasteiger partial charge in [0.05, 0.1) is 17.4 Å². The summed E-state index contributed by atoms with van der Waals surface area (Å²) in [4.78, 5) is 4.69. The maximum absolute atomic E-state index is 5.94. The van der Waals surface area contributed by atoms with E-state index in [0.717, 1.165) is 28.5 Å². The Morgan fingerprint density at radius 3 is 2.70 bits per heavy atom. The minimum absolute atomic E-state index is 0.145. The molecule has 0 saturated heterocycles. The first-order valence-corrected chi connectivity index (χ1v) is 7.64. The Balaban J connectivity index is 2.40. The van der Waals surface area contributed by atoms with Gasteiger partial charge in [0.25, 0.3) is 0 Å². The fourth-order valence-corrected chi connectivity index (χ4v) is 3.06. The molecule has 0 spiro atoms. The lowest BCUT2D eigenvalue weighted by molar-refractivity contribution is 0.211. The van der Waals surface area contributed by atoms with Crippen molar-refractivity contribution >= 4 is 26.7 Å². The van der Waals surface area contributed by atoms with Gasteiger partial charge in [0.15, 0.2) is 5.13 Å². The van der Waals surface area contributed by atoms with E-state index >= 15 is 0 Å². The Kier molecular flexibility index (Phi) is 4.83. The minimum atomic E-state index is 0.145. The minimum Gasteiger partial charge on any atom is -0.488 e. The largest absolute Gasteiger partial charge is 0.488 e. The van der Waals surface area contributed by atoms with Crippen LogP contribution in [0.2, 0.25) is 0 Å². The lowest BCUT2D eigenvalue weighted by atomic mass is 10.1. The molecule has 1 aromatic heterocycles. The lowest BCUT2D eigenvalue weighted by Crippen LogP contribution is -2.08. The Hall–Kier alpha value is -1.33. The van der Waals surface area contributed by atoms with Gasteiger partial charge in [-0.2, -0.15) is 0 Å². The summed E-state index contributed by atoms with van der Waals surface area (Å²) in [6, 6.07) is 2.16. The fourth-order valence-electron chi connectivity index (χ4n) is 2.10. The molecule has 0 unspecified atom stereocenters. The number of hydrogen-bond acceptors (Lipinski definition) is 5. The van der Waals surface area contributed by atoms with Crippen LogP contribution < -0.4 is 10.1 Å². The topological polar surface area (TPSA) is 43.4 Å². The molecule has 0 radical (unpaired) electrons. The molecule has 5 heteroatoms. The number of nitrogens with zero attached hydrogens (tertiary/aromatic N) is 1. The summed E-state index contributed by atoms with van der Waals surface area (Å²) in [7, 11) is 1.70. The monoisotopic (exact) mass is 294 g/mol. The zero-order valence-corrected chi connectivity index (χ0v) is 13.6. The molecule has 0 amide bonds. The third-order valence-electron chi connectivity index (χ3n) is 2.93. The number of hydrogen-bond donors (Lipinski definition) is 1. The van der Waals surface area contributed by atoms with Crippen LogP contribution in [0, 0.1) is 13.8 Å². The van der Waals surface area contributed by atoms with Gasteiger partial charge in [-0.15, -0.1) is 0 Å². The van der Waals surface area contributed by atoms with Crippen molar-refractivity contribution in [3.63, 3.8) is 0 Å². The lowest BCUT2D eigenvalue weighted by Gasteiger charge is -2.13. The van der Waals surface area contributed by atoms with E-state index in [9.17, 15) is 0 Å². The molecule has 0 aliphatic rings. The van der Waals surface area contributed by atoms with Crippen LogP contribution in [0.1, 0.15) is 25.0 Å².